The zero-order valence-electron chi connectivity index (χ0n) is 13.1. The van der Waals surface area contributed by atoms with E-state index in [-0.39, 0.29) is 30.8 Å². The van der Waals surface area contributed by atoms with Crippen LogP contribution in [0.15, 0.2) is 51.8 Å². The molecule has 1 heterocycles. The summed E-state index contributed by atoms with van der Waals surface area (Å²) in [6.45, 7) is 0.182. The van der Waals surface area contributed by atoms with E-state index >= 15 is 0 Å². The number of sulfonamides is 1. The van der Waals surface area contributed by atoms with Crippen molar-refractivity contribution in [2.75, 3.05) is 13.1 Å². The number of hydrogen-bond acceptors (Lipinski definition) is 3. The molecule has 0 radical (unpaired) electrons. The SMILES string of the molecule is O=S(=O)(c1ccc(F)c(F)c1)N1CCC(O)(c2ccc(Br)cc2)CC1. The van der Waals surface area contributed by atoms with Gasteiger partial charge in [-0.2, -0.15) is 4.31 Å². The first-order valence-electron chi connectivity index (χ1n) is 7.66. The van der Waals surface area contributed by atoms with Crippen LogP contribution in [-0.4, -0.2) is 30.9 Å². The van der Waals surface area contributed by atoms with Gasteiger partial charge in [0.05, 0.1) is 10.5 Å². The second-order valence-electron chi connectivity index (χ2n) is 6.02. The monoisotopic (exact) mass is 431 g/mol. The second-order valence-corrected chi connectivity index (χ2v) is 8.87. The minimum Gasteiger partial charge on any atom is -0.385 e. The Labute approximate surface area is 153 Å². The Bertz CT molecular complexity index is 879. The molecule has 0 atom stereocenters. The minimum absolute atomic E-state index is 0.0912. The first-order chi connectivity index (χ1) is 11.7. The average Bonchev–Trinajstić information content (AvgIpc) is 2.58. The van der Waals surface area contributed by atoms with Crippen molar-refractivity contribution in [3.8, 4) is 0 Å². The van der Waals surface area contributed by atoms with Crippen LogP contribution in [0.25, 0.3) is 0 Å². The maximum absolute atomic E-state index is 13.4. The first kappa shape index (κ1) is 18.4. The molecule has 25 heavy (non-hydrogen) atoms. The number of benzene rings is 2. The Hall–Kier alpha value is -1.35. The molecule has 3 rings (SSSR count). The zero-order chi connectivity index (χ0) is 18.2. The predicted molar refractivity (Wildman–Crippen MR) is 92.4 cm³/mol. The van der Waals surface area contributed by atoms with Crippen LogP contribution in [0.3, 0.4) is 0 Å². The topological polar surface area (TPSA) is 57.6 Å². The van der Waals surface area contributed by atoms with Crippen LogP contribution in [0.1, 0.15) is 18.4 Å². The van der Waals surface area contributed by atoms with Gasteiger partial charge >= 0.3 is 0 Å². The van der Waals surface area contributed by atoms with Crippen molar-refractivity contribution in [2.45, 2.75) is 23.3 Å². The molecule has 2 aromatic carbocycles. The van der Waals surface area contributed by atoms with Crippen LogP contribution in [0.5, 0.6) is 0 Å². The number of aliphatic hydroxyl groups is 1. The van der Waals surface area contributed by atoms with Gasteiger partial charge in [0.1, 0.15) is 0 Å². The quantitative estimate of drug-likeness (QED) is 0.809. The molecule has 0 bridgehead atoms. The number of halogens is 3. The number of rotatable bonds is 3. The van der Waals surface area contributed by atoms with E-state index in [1.165, 1.54) is 4.31 Å². The van der Waals surface area contributed by atoms with Gasteiger partial charge in [-0.3, -0.25) is 0 Å². The summed E-state index contributed by atoms with van der Waals surface area (Å²) < 4.78 is 53.6. The summed E-state index contributed by atoms with van der Waals surface area (Å²) in [5, 5.41) is 10.8. The van der Waals surface area contributed by atoms with E-state index in [0.717, 1.165) is 22.2 Å². The molecule has 0 saturated carbocycles. The van der Waals surface area contributed by atoms with Crippen molar-refractivity contribution in [2.24, 2.45) is 0 Å². The summed E-state index contributed by atoms with van der Waals surface area (Å²) in [6, 6.07) is 9.75. The molecule has 8 heteroatoms. The first-order valence-corrected chi connectivity index (χ1v) is 9.89. The highest BCUT2D eigenvalue weighted by Gasteiger charge is 2.38. The molecule has 1 aliphatic rings. The van der Waals surface area contributed by atoms with Crippen molar-refractivity contribution in [3.05, 3.63) is 64.1 Å². The Balaban J connectivity index is 1.79. The standard InChI is InChI=1S/C17H16BrF2NO3S/c18-13-3-1-12(2-4-13)17(22)7-9-21(10-8-17)25(23,24)14-5-6-15(19)16(20)11-14/h1-6,11,22H,7-10H2. The molecule has 0 aromatic heterocycles. The smallest absolute Gasteiger partial charge is 0.243 e. The molecule has 1 N–H and O–H groups in total. The summed E-state index contributed by atoms with van der Waals surface area (Å²) in [6.07, 6.45) is 0.440. The van der Waals surface area contributed by atoms with Crippen LogP contribution in [0.2, 0.25) is 0 Å². The van der Waals surface area contributed by atoms with Crippen molar-refractivity contribution >= 4 is 26.0 Å². The van der Waals surface area contributed by atoms with Gasteiger partial charge < -0.3 is 5.11 Å². The van der Waals surface area contributed by atoms with Gasteiger partial charge in [-0.05, 0) is 48.7 Å². The Morgan fingerprint density at radius 2 is 1.60 bits per heavy atom. The van der Waals surface area contributed by atoms with E-state index in [1.54, 1.807) is 12.1 Å². The van der Waals surface area contributed by atoms with Crippen LogP contribution < -0.4 is 0 Å². The highest BCUT2D eigenvalue weighted by atomic mass is 79.9. The third kappa shape index (κ3) is 3.62. The van der Waals surface area contributed by atoms with Crippen molar-refractivity contribution in [1.29, 1.82) is 0 Å². The normalized spacial score (nSPS) is 18.2. The molecule has 2 aromatic rings. The molecule has 0 amide bonds. The molecule has 1 aliphatic heterocycles. The van der Waals surface area contributed by atoms with Gasteiger partial charge in [-0.15, -0.1) is 0 Å². The van der Waals surface area contributed by atoms with Crippen LogP contribution >= 0.6 is 15.9 Å². The van der Waals surface area contributed by atoms with Crippen LogP contribution in [0, 0.1) is 11.6 Å². The van der Waals surface area contributed by atoms with E-state index in [1.807, 2.05) is 12.1 Å². The maximum atomic E-state index is 13.4. The lowest BCUT2D eigenvalue weighted by Gasteiger charge is -2.37. The van der Waals surface area contributed by atoms with Gasteiger partial charge in [-0.1, -0.05) is 28.1 Å². The number of piperidine rings is 1. The van der Waals surface area contributed by atoms with Gasteiger partial charge in [-0.25, -0.2) is 17.2 Å². The molecule has 1 saturated heterocycles. The molecule has 4 nitrogen and oxygen atoms in total. The Morgan fingerprint density at radius 3 is 2.16 bits per heavy atom. The largest absolute Gasteiger partial charge is 0.385 e. The lowest BCUT2D eigenvalue weighted by atomic mass is 9.85. The van der Waals surface area contributed by atoms with E-state index < -0.39 is 27.3 Å². The Morgan fingerprint density at radius 1 is 1.00 bits per heavy atom. The van der Waals surface area contributed by atoms with Crippen LogP contribution in [0.4, 0.5) is 8.78 Å². The van der Waals surface area contributed by atoms with Gasteiger partial charge in [0, 0.05) is 17.6 Å². The molecule has 0 aliphatic carbocycles. The number of nitrogens with zero attached hydrogens (tertiary/aromatic N) is 1. The summed E-state index contributed by atoms with van der Waals surface area (Å²) in [5.41, 5.74) is -0.388. The molecular weight excluding hydrogens is 416 g/mol. The highest BCUT2D eigenvalue weighted by molar-refractivity contribution is 9.10. The lowest BCUT2D eigenvalue weighted by molar-refractivity contribution is -0.00962. The lowest BCUT2D eigenvalue weighted by Crippen LogP contribution is -2.45. The van der Waals surface area contributed by atoms with Gasteiger partial charge in [0.15, 0.2) is 11.6 Å². The van der Waals surface area contributed by atoms with E-state index in [4.69, 9.17) is 0 Å². The van der Waals surface area contributed by atoms with Gasteiger partial charge in [0.25, 0.3) is 0 Å². The third-order valence-electron chi connectivity index (χ3n) is 4.46. The summed E-state index contributed by atoms with van der Waals surface area (Å²) >= 11 is 3.33. The fraction of sp³-hybridized carbons (Fsp3) is 0.294. The zero-order valence-corrected chi connectivity index (χ0v) is 15.5. The average molecular weight is 432 g/mol. The predicted octanol–water partition coefficient (Wildman–Crippen LogP) is 3.40. The third-order valence-corrected chi connectivity index (χ3v) is 6.88. The van der Waals surface area contributed by atoms with E-state index in [9.17, 15) is 22.3 Å². The molecule has 0 unspecified atom stereocenters. The van der Waals surface area contributed by atoms with Gasteiger partial charge in [0.2, 0.25) is 10.0 Å². The van der Waals surface area contributed by atoms with Crippen molar-refractivity contribution in [1.82, 2.24) is 4.31 Å². The summed E-state index contributed by atoms with van der Waals surface area (Å²) in [7, 11) is -3.93. The molecule has 1 fully saturated rings. The summed E-state index contributed by atoms with van der Waals surface area (Å²) in [4.78, 5) is -0.291. The van der Waals surface area contributed by atoms with Crippen molar-refractivity contribution in [3.63, 3.8) is 0 Å². The second kappa shape index (κ2) is 6.75. The Kier molecular flexibility index (Phi) is 4.98. The highest BCUT2D eigenvalue weighted by Crippen LogP contribution is 2.35. The number of hydrogen-bond donors (Lipinski definition) is 1. The van der Waals surface area contributed by atoms with E-state index in [2.05, 4.69) is 15.9 Å². The molecule has 134 valence electrons. The molecular formula is C17H16BrF2NO3S. The van der Waals surface area contributed by atoms with Crippen LogP contribution in [-0.2, 0) is 15.6 Å². The fourth-order valence-electron chi connectivity index (χ4n) is 2.93. The van der Waals surface area contributed by atoms with E-state index in [0.29, 0.717) is 6.07 Å². The molecule has 0 spiro atoms. The fourth-order valence-corrected chi connectivity index (χ4v) is 4.65. The maximum Gasteiger partial charge on any atom is 0.243 e. The van der Waals surface area contributed by atoms with Crippen molar-refractivity contribution < 1.29 is 22.3 Å². The summed E-state index contributed by atoms with van der Waals surface area (Å²) in [5.74, 6) is -2.30. The minimum atomic E-state index is -3.93.